The van der Waals surface area contributed by atoms with E-state index in [1.54, 1.807) is 0 Å². The van der Waals surface area contributed by atoms with E-state index >= 15 is 0 Å². The molecule has 2 saturated heterocycles. The largest absolute Gasteiger partial charge is 0.396 e. The van der Waals surface area contributed by atoms with Gasteiger partial charge < -0.3 is 20.0 Å². The second-order valence-corrected chi connectivity index (χ2v) is 7.70. The third-order valence-corrected chi connectivity index (χ3v) is 5.83. The number of anilines is 2. The molecule has 3 rings (SSSR count). The summed E-state index contributed by atoms with van der Waals surface area (Å²) in [7, 11) is 0. The molecule has 0 bridgehead atoms. The minimum absolute atomic E-state index is 0.0533. The number of nitrogens with zero attached hydrogens (tertiary/aromatic N) is 4. The smallest absolute Gasteiger partial charge is 0.227 e. The second-order valence-electron chi connectivity index (χ2n) is 7.70. The molecule has 0 radical (unpaired) electrons. The number of piperidine rings is 2. The molecule has 6 nitrogen and oxygen atoms in total. The Morgan fingerprint density at radius 3 is 2.56 bits per heavy atom. The maximum Gasteiger partial charge on any atom is 0.227 e. The summed E-state index contributed by atoms with van der Waals surface area (Å²) < 4.78 is 0. The number of aliphatic hydroxyl groups excluding tert-OH is 2. The lowest BCUT2D eigenvalue weighted by Gasteiger charge is -2.45. The van der Waals surface area contributed by atoms with Gasteiger partial charge in [-0.3, -0.25) is 0 Å². The Kier molecular flexibility index (Phi) is 5.79. The van der Waals surface area contributed by atoms with E-state index in [0.29, 0.717) is 6.54 Å². The number of aryl methyl sites for hydroxylation is 1. The summed E-state index contributed by atoms with van der Waals surface area (Å²) in [4.78, 5) is 13.9. The molecule has 1 aromatic rings. The molecule has 25 heavy (non-hydrogen) atoms. The zero-order chi connectivity index (χ0) is 17.9. The van der Waals surface area contributed by atoms with Gasteiger partial charge in [0.15, 0.2) is 0 Å². The highest BCUT2D eigenvalue weighted by molar-refractivity contribution is 5.47. The topological polar surface area (TPSA) is 72.7 Å². The van der Waals surface area contributed by atoms with E-state index in [0.717, 1.165) is 56.4 Å². The fourth-order valence-corrected chi connectivity index (χ4v) is 4.21. The lowest BCUT2D eigenvalue weighted by molar-refractivity contribution is -0.0372. The van der Waals surface area contributed by atoms with Crippen molar-refractivity contribution in [1.29, 1.82) is 0 Å². The van der Waals surface area contributed by atoms with Gasteiger partial charge in [0.2, 0.25) is 5.95 Å². The van der Waals surface area contributed by atoms with E-state index in [1.165, 1.54) is 19.3 Å². The first-order valence-corrected chi connectivity index (χ1v) is 9.72. The Balaban J connectivity index is 1.77. The number of β-amino-alcohol motifs (C(OH)–C–C–N with tert-alkyl or cyclic N) is 1. The third-order valence-electron chi connectivity index (χ3n) is 5.83. The van der Waals surface area contributed by atoms with Gasteiger partial charge in [0.25, 0.3) is 0 Å². The highest BCUT2D eigenvalue weighted by atomic mass is 16.3. The van der Waals surface area contributed by atoms with Gasteiger partial charge in [-0.1, -0.05) is 13.3 Å². The van der Waals surface area contributed by atoms with Crippen molar-refractivity contribution in [1.82, 2.24) is 9.97 Å². The molecule has 0 aromatic carbocycles. The summed E-state index contributed by atoms with van der Waals surface area (Å²) in [6.45, 7) is 7.55. The van der Waals surface area contributed by atoms with Gasteiger partial charge in [-0.25, -0.2) is 4.98 Å². The van der Waals surface area contributed by atoms with Gasteiger partial charge in [-0.05, 0) is 39.0 Å². The molecule has 2 atom stereocenters. The van der Waals surface area contributed by atoms with Gasteiger partial charge in [-0.15, -0.1) is 0 Å². The summed E-state index contributed by atoms with van der Waals surface area (Å²) >= 11 is 0. The molecule has 0 aliphatic carbocycles. The predicted octanol–water partition coefficient (Wildman–Crippen LogP) is 2.13. The molecule has 2 fully saturated rings. The predicted molar refractivity (Wildman–Crippen MR) is 100 cm³/mol. The van der Waals surface area contributed by atoms with E-state index < -0.39 is 6.10 Å². The van der Waals surface area contributed by atoms with Crippen molar-refractivity contribution < 1.29 is 10.2 Å². The fraction of sp³-hybridized carbons (Fsp3) is 0.789. The van der Waals surface area contributed by atoms with Gasteiger partial charge >= 0.3 is 0 Å². The average Bonchev–Trinajstić information content (AvgIpc) is 2.64. The van der Waals surface area contributed by atoms with Crippen molar-refractivity contribution in [3.63, 3.8) is 0 Å². The van der Waals surface area contributed by atoms with E-state index in [4.69, 9.17) is 4.98 Å². The molecule has 0 spiro atoms. The van der Waals surface area contributed by atoms with Gasteiger partial charge in [0, 0.05) is 43.4 Å². The first-order chi connectivity index (χ1) is 12.1. The van der Waals surface area contributed by atoms with Crippen LogP contribution in [0.5, 0.6) is 0 Å². The quantitative estimate of drug-likeness (QED) is 0.849. The normalized spacial score (nSPS) is 27.6. The van der Waals surface area contributed by atoms with Crippen molar-refractivity contribution in [3.8, 4) is 0 Å². The SMILES string of the molecule is CCC[C@]1(CO)CCN(c2cc(C)nc(N3CCCCC3)n2)C[C@H]1O. The lowest BCUT2D eigenvalue weighted by Crippen LogP contribution is -2.53. The Morgan fingerprint density at radius 1 is 1.16 bits per heavy atom. The van der Waals surface area contributed by atoms with Crippen molar-refractivity contribution in [2.45, 2.75) is 58.5 Å². The maximum atomic E-state index is 10.7. The molecule has 0 unspecified atom stereocenters. The van der Waals surface area contributed by atoms with Crippen molar-refractivity contribution in [2.24, 2.45) is 5.41 Å². The molecule has 1 aromatic heterocycles. The first-order valence-electron chi connectivity index (χ1n) is 9.72. The molecule has 6 heteroatoms. The maximum absolute atomic E-state index is 10.7. The molecular weight excluding hydrogens is 316 g/mol. The standard InChI is InChI=1S/C19H32N4O2/c1-3-7-19(14-24)8-11-23(13-16(19)25)17-12-15(2)20-18(21-17)22-9-5-4-6-10-22/h12,16,24-25H,3-11,13-14H2,1-2H3/t16-,19-/m1/s1. The number of hydrogen-bond donors (Lipinski definition) is 2. The molecule has 3 heterocycles. The molecule has 2 aliphatic rings. The Labute approximate surface area is 150 Å². The molecule has 0 saturated carbocycles. The highest BCUT2D eigenvalue weighted by Gasteiger charge is 2.41. The van der Waals surface area contributed by atoms with Crippen LogP contribution >= 0.6 is 0 Å². The monoisotopic (exact) mass is 348 g/mol. The fourth-order valence-electron chi connectivity index (χ4n) is 4.21. The Morgan fingerprint density at radius 2 is 1.92 bits per heavy atom. The summed E-state index contributed by atoms with van der Waals surface area (Å²) in [6.07, 6.45) is 5.79. The number of rotatable bonds is 5. The van der Waals surface area contributed by atoms with Crippen LogP contribution in [0.4, 0.5) is 11.8 Å². The summed E-state index contributed by atoms with van der Waals surface area (Å²) in [5.41, 5.74) is 0.607. The van der Waals surface area contributed by atoms with Crippen LogP contribution in [-0.4, -0.2) is 59.1 Å². The summed E-state index contributed by atoms with van der Waals surface area (Å²) in [6, 6.07) is 2.01. The highest BCUT2D eigenvalue weighted by Crippen LogP contribution is 2.37. The number of aromatic nitrogens is 2. The number of hydrogen-bond acceptors (Lipinski definition) is 6. The van der Waals surface area contributed by atoms with Crippen LogP contribution in [-0.2, 0) is 0 Å². The zero-order valence-electron chi connectivity index (χ0n) is 15.6. The van der Waals surface area contributed by atoms with Crippen LogP contribution in [0.1, 0.15) is 51.1 Å². The summed E-state index contributed by atoms with van der Waals surface area (Å²) in [5.74, 6) is 1.71. The van der Waals surface area contributed by atoms with Crippen molar-refractivity contribution in [3.05, 3.63) is 11.8 Å². The second kappa shape index (κ2) is 7.87. The van der Waals surface area contributed by atoms with Gasteiger partial charge in [0.1, 0.15) is 5.82 Å². The van der Waals surface area contributed by atoms with Gasteiger partial charge in [0.05, 0.1) is 12.7 Å². The van der Waals surface area contributed by atoms with Crippen LogP contribution in [0.25, 0.3) is 0 Å². The molecular formula is C19H32N4O2. The van der Waals surface area contributed by atoms with E-state index in [2.05, 4.69) is 21.7 Å². The van der Waals surface area contributed by atoms with Crippen molar-refractivity contribution in [2.75, 3.05) is 42.6 Å². The van der Waals surface area contributed by atoms with Crippen molar-refractivity contribution >= 4 is 11.8 Å². The van der Waals surface area contributed by atoms with Crippen LogP contribution in [0.3, 0.4) is 0 Å². The third kappa shape index (κ3) is 3.90. The minimum Gasteiger partial charge on any atom is -0.396 e. The van der Waals surface area contributed by atoms with E-state index in [9.17, 15) is 10.2 Å². The van der Waals surface area contributed by atoms with E-state index in [1.807, 2.05) is 13.0 Å². The zero-order valence-corrected chi connectivity index (χ0v) is 15.6. The summed E-state index contributed by atoms with van der Waals surface area (Å²) in [5, 5.41) is 20.6. The average molecular weight is 348 g/mol. The minimum atomic E-state index is -0.528. The Hall–Kier alpha value is -1.40. The van der Waals surface area contributed by atoms with Crippen LogP contribution in [0, 0.1) is 12.3 Å². The lowest BCUT2D eigenvalue weighted by atomic mass is 9.73. The van der Waals surface area contributed by atoms with Crippen LogP contribution < -0.4 is 9.80 Å². The number of aliphatic hydroxyl groups is 2. The van der Waals surface area contributed by atoms with E-state index in [-0.39, 0.29) is 12.0 Å². The van der Waals surface area contributed by atoms with Crippen LogP contribution in [0.2, 0.25) is 0 Å². The molecule has 0 amide bonds. The van der Waals surface area contributed by atoms with Gasteiger partial charge in [-0.2, -0.15) is 4.98 Å². The molecule has 140 valence electrons. The first kappa shape index (κ1) is 18.4. The Bertz CT molecular complexity index is 577. The van der Waals surface area contributed by atoms with Crippen LogP contribution in [0.15, 0.2) is 6.07 Å². The molecule has 2 aliphatic heterocycles. The molecule has 2 N–H and O–H groups in total.